The summed E-state index contributed by atoms with van der Waals surface area (Å²) in [6.07, 6.45) is 6.14. The summed E-state index contributed by atoms with van der Waals surface area (Å²) in [5.74, 6) is -0.962. The van der Waals surface area contributed by atoms with Crippen molar-refractivity contribution in [2.24, 2.45) is 5.10 Å². The van der Waals surface area contributed by atoms with Crippen molar-refractivity contribution in [2.75, 3.05) is 0 Å². The zero-order chi connectivity index (χ0) is 15.4. The van der Waals surface area contributed by atoms with E-state index in [2.05, 4.69) is 10.2 Å². The van der Waals surface area contributed by atoms with Crippen molar-refractivity contribution >= 4 is 29.2 Å². The van der Waals surface area contributed by atoms with Crippen LogP contribution in [0.4, 0.5) is 0 Å². The molecule has 0 atom stereocenters. The molecule has 5 nitrogen and oxygen atoms in total. The van der Waals surface area contributed by atoms with Crippen LogP contribution in [-0.2, 0) is 4.79 Å². The van der Waals surface area contributed by atoms with Gasteiger partial charge in [0.2, 0.25) is 0 Å². The predicted molar refractivity (Wildman–Crippen MR) is 85.8 cm³/mol. The predicted octanol–water partition coefficient (Wildman–Crippen LogP) is 3.02. The van der Waals surface area contributed by atoms with Crippen molar-refractivity contribution in [3.63, 3.8) is 0 Å². The first kappa shape index (κ1) is 13.8. The van der Waals surface area contributed by atoms with E-state index >= 15 is 0 Å². The lowest BCUT2D eigenvalue weighted by atomic mass is 10.1. The summed E-state index contributed by atoms with van der Waals surface area (Å²) in [4.78, 5) is 12.0. The second kappa shape index (κ2) is 6.05. The Kier molecular flexibility index (Phi) is 3.78. The molecule has 0 unspecified atom stereocenters. The van der Waals surface area contributed by atoms with E-state index in [1.54, 1.807) is 23.3 Å². The van der Waals surface area contributed by atoms with E-state index < -0.39 is 5.97 Å². The summed E-state index contributed by atoms with van der Waals surface area (Å²) in [6, 6.07) is 15.3. The van der Waals surface area contributed by atoms with Gasteiger partial charge in [-0.2, -0.15) is 15.0 Å². The number of aromatic nitrogens is 2. The van der Waals surface area contributed by atoms with Gasteiger partial charge in [0.05, 0.1) is 17.9 Å². The Morgan fingerprint density at radius 2 is 1.82 bits per heavy atom. The van der Waals surface area contributed by atoms with Crippen LogP contribution < -0.4 is 0 Å². The molecule has 0 saturated carbocycles. The number of carbonyl (C=O) groups is 1. The van der Waals surface area contributed by atoms with Crippen LogP contribution in [0.1, 0.15) is 11.1 Å². The average molecular weight is 291 g/mol. The molecule has 0 spiro atoms. The van der Waals surface area contributed by atoms with E-state index in [-0.39, 0.29) is 0 Å². The molecule has 3 rings (SSSR count). The second-order valence-electron chi connectivity index (χ2n) is 4.68. The van der Waals surface area contributed by atoms with Gasteiger partial charge >= 0.3 is 5.97 Å². The molecule has 1 aromatic heterocycles. The normalized spacial score (nSPS) is 11.6. The smallest absolute Gasteiger partial charge is 0.328 e. The lowest BCUT2D eigenvalue weighted by Crippen LogP contribution is -1.92. The van der Waals surface area contributed by atoms with E-state index in [1.807, 2.05) is 48.5 Å². The van der Waals surface area contributed by atoms with Crippen molar-refractivity contribution in [3.05, 3.63) is 71.9 Å². The highest BCUT2D eigenvalue weighted by Gasteiger charge is 1.98. The summed E-state index contributed by atoms with van der Waals surface area (Å²) >= 11 is 0. The largest absolute Gasteiger partial charge is 0.478 e. The molecule has 0 aliphatic rings. The van der Waals surface area contributed by atoms with Crippen molar-refractivity contribution in [1.29, 1.82) is 0 Å². The molecule has 2 aromatic carbocycles. The highest BCUT2D eigenvalue weighted by Crippen LogP contribution is 2.12. The molecule has 0 amide bonds. The summed E-state index contributed by atoms with van der Waals surface area (Å²) < 4.78 is 0. The molecular weight excluding hydrogens is 278 g/mol. The van der Waals surface area contributed by atoms with E-state index in [4.69, 9.17) is 5.11 Å². The van der Waals surface area contributed by atoms with Gasteiger partial charge in [-0.1, -0.05) is 42.5 Å². The number of para-hydroxylation sites is 1. The summed E-state index contributed by atoms with van der Waals surface area (Å²) in [7, 11) is 0. The minimum atomic E-state index is -0.962. The van der Waals surface area contributed by atoms with Crippen LogP contribution in [-0.4, -0.2) is 27.2 Å². The Hall–Kier alpha value is -3.21. The van der Waals surface area contributed by atoms with Crippen LogP contribution >= 0.6 is 0 Å². The second-order valence-corrected chi connectivity index (χ2v) is 4.68. The molecule has 108 valence electrons. The van der Waals surface area contributed by atoms with Gasteiger partial charge in [-0.25, -0.2) is 4.79 Å². The maximum absolute atomic E-state index is 10.5. The Morgan fingerprint density at radius 3 is 2.59 bits per heavy atom. The third kappa shape index (κ3) is 3.09. The molecule has 0 aliphatic carbocycles. The van der Waals surface area contributed by atoms with Crippen LogP contribution in [0.15, 0.2) is 65.9 Å². The summed E-state index contributed by atoms with van der Waals surface area (Å²) in [5.41, 5.74) is 2.68. The molecule has 0 aliphatic heterocycles. The molecule has 5 heteroatoms. The first-order chi connectivity index (χ1) is 10.7. The quantitative estimate of drug-likeness (QED) is 0.593. The van der Waals surface area contributed by atoms with E-state index in [1.165, 1.54) is 0 Å². The van der Waals surface area contributed by atoms with Crippen LogP contribution in [0.5, 0.6) is 0 Å². The fourth-order valence-corrected chi connectivity index (χ4v) is 2.03. The number of nitrogens with zero attached hydrogens (tertiary/aromatic N) is 3. The molecule has 0 saturated heterocycles. The van der Waals surface area contributed by atoms with Gasteiger partial charge in [-0.15, -0.1) is 0 Å². The van der Waals surface area contributed by atoms with Crippen LogP contribution in [0, 0.1) is 0 Å². The van der Waals surface area contributed by atoms with Crippen molar-refractivity contribution < 1.29 is 9.90 Å². The zero-order valence-corrected chi connectivity index (χ0v) is 11.6. The van der Waals surface area contributed by atoms with Gasteiger partial charge in [-0.05, 0) is 23.3 Å². The Morgan fingerprint density at radius 1 is 1.09 bits per heavy atom. The molecule has 0 fully saturated rings. The zero-order valence-electron chi connectivity index (χ0n) is 11.6. The topological polar surface area (TPSA) is 67.5 Å². The molecule has 22 heavy (non-hydrogen) atoms. The van der Waals surface area contributed by atoms with E-state index in [9.17, 15) is 4.79 Å². The molecule has 1 N–H and O–H groups in total. The fraction of sp³-hybridized carbons (Fsp3) is 0. The molecule has 0 bridgehead atoms. The molecule has 0 radical (unpaired) electrons. The number of aliphatic carboxylic acids is 1. The number of benzene rings is 2. The molecule has 1 heterocycles. The maximum atomic E-state index is 10.5. The third-order valence-corrected chi connectivity index (χ3v) is 3.13. The number of hydrogen-bond donors (Lipinski definition) is 1. The minimum absolute atomic E-state index is 0.823. The highest BCUT2D eigenvalue weighted by atomic mass is 16.4. The third-order valence-electron chi connectivity index (χ3n) is 3.13. The lowest BCUT2D eigenvalue weighted by molar-refractivity contribution is -0.131. The Balaban J connectivity index is 1.79. The van der Waals surface area contributed by atoms with Crippen LogP contribution in [0.25, 0.3) is 17.0 Å². The van der Waals surface area contributed by atoms with Crippen molar-refractivity contribution in [2.45, 2.75) is 0 Å². The number of carboxylic acids is 1. The van der Waals surface area contributed by atoms with E-state index in [0.717, 1.165) is 28.1 Å². The standard InChI is InChI=1S/C17H13N3O2/c21-17(22)10-9-13-5-7-14(8-6-13)11-18-20-16-4-2-1-3-15(16)12-19-20/h1-12H,(H,21,22)/b10-9+,18-11+. The summed E-state index contributed by atoms with van der Waals surface area (Å²) in [5, 5.41) is 18.2. The Bertz CT molecular complexity index is 861. The Labute approximate surface area is 126 Å². The first-order valence-electron chi connectivity index (χ1n) is 6.70. The maximum Gasteiger partial charge on any atom is 0.328 e. The fourth-order valence-electron chi connectivity index (χ4n) is 2.03. The van der Waals surface area contributed by atoms with Crippen molar-refractivity contribution in [3.8, 4) is 0 Å². The SMILES string of the molecule is O=C(O)/C=C/c1ccc(/C=N/n2ncc3ccccc32)cc1. The highest BCUT2D eigenvalue weighted by molar-refractivity contribution is 5.86. The van der Waals surface area contributed by atoms with Crippen LogP contribution in [0.3, 0.4) is 0 Å². The van der Waals surface area contributed by atoms with E-state index in [0.29, 0.717) is 0 Å². The number of carboxylic acid groups (broad SMARTS) is 1. The average Bonchev–Trinajstić information content (AvgIpc) is 2.95. The van der Waals surface area contributed by atoms with Gasteiger partial charge in [0.25, 0.3) is 0 Å². The van der Waals surface area contributed by atoms with Gasteiger partial charge in [0, 0.05) is 11.5 Å². The van der Waals surface area contributed by atoms with Crippen LogP contribution in [0.2, 0.25) is 0 Å². The van der Waals surface area contributed by atoms with Gasteiger partial charge in [0.15, 0.2) is 0 Å². The number of fused-ring (bicyclic) bond motifs is 1. The van der Waals surface area contributed by atoms with Gasteiger partial charge < -0.3 is 5.11 Å². The summed E-state index contributed by atoms with van der Waals surface area (Å²) in [6.45, 7) is 0. The number of rotatable bonds is 4. The van der Waals surface area contributed by atoms with Gasteiger partial charge in [0.1, 0.15) is 0 Å². The number of hydrogen-bond acceptors (Lipinski definition) is 3. The molecular formula is C17H13N3O2. The van der Waals surface area contributed by atoms with Gasteiger partial charge in [-0.3, -0.25) is 0 Å². The molecule has 3 aromatic rings. The first-order valence-corrected chi connectivity index (χ1v) is 6.70. The van der Waals surface area contributed by atoms with Crippen molar-refractivity contribution in [1.82, 2.24) is 9.89 Å². The minimum Gasteiger partial charge on any atom is -0.478 e. The monoisotopic (exact) mass is 291 g/mol. The lowest BCUT2D eigenvalue weighted by Gasteiger charge is -1.97.